The second kappa shape index (κ2) is 5.95. The molecule has 0 N–H and O–H groups in total. The molecule has 0 saturated carbocycles. The molecule has 1 aromatic carbocycles. The van der Waals surface area contributed by atoms with Crippen LogP contribution in [-0.2, 0) is 9.84 Å². The molecule has 0 amide bonds. The standard InChI is InChI=1S/C13H13ClN2O4S/c1-9(6-7-14)21(19,20)12-5-4-11-10(3-2-8-15-11)13(12)16(17)18/h2-5,8-9H,6-7H2,1H3. The summed E-state index contributed by atoms with van der Waals surface area (Å²) in [6.07, 6.45) is 1.72. The van der Waals surface area contributed by atoms with Crippen LogP contribution >= 0.6 is 11.6 Å². The maximum Gasteiger partial charge on any atom is 0.297 e. The molecular weight excluding hydrogens is 316 g/mol. The van der Waals surface area contributed by atoms with E-state index in [0.717, 1.165) is 0 Å². The largest absolute Gasteiger partial charge is 0.297 e. The fraction of sp³-hybridized carbons (Fsp3) is 0.308. The molecule has 0 spiro atoms. The molecule has 21 heavy (non-hydrogen) atoms. The summed E-state index contributed by atoms with van der Waals surface area (Å²) in [5, 5.41) is 10.8. The Morgan fingerprint density at radius 3 is 2.71 bits per heavy atom. The van der Waals surface area contributed by atoms with Crippen LogP contribution in [0.2, 0.25) is 0 Å². The van der Waals surface area contributed by atoms with Gasteiger partial charge in [-0.2, -0.15) is 0 Å². The average Bonchev–Trinajstić information content (AvgIpc) is 2.45. The summed E-state index contributed by atoms with van der Waals surface area (Å²) < 4.78 is 25.0. The number of fused-ring (bicyclic) bond motifs is 1. The molecule has 0 bridgehead atoms. The average molecular weight is 329 g/mol. The molecule has 0 radical (unpaired) electrons. The minimum absolute atomic E-state index is 0.170. The lowest BCUT2D eigenvalue weighted by molar-refractivity contribution is -0.386. The molecule has 2 aromatic rings. The van der Waals surface area contributed by atoms with Gasteiger partial charge in [0.05, 0.1) is 21.1 Å². The number of sulfone groups is 1. The molecule has 1 unspecified atom stereocenters. The number of nitro groups is 1. The first kappa shape index (κ1) is 15.7. The number of hydrogen-bond acceptors (Lipinski definition) is 5. The van der Waals surface area contributed by atoms with Crippen molar-refractivity contribution < 1.29 is 13.3 Å². The molecule has 1 atom stereocenters. The number of rotatable bonds is 5. The quantitative estimate of drug-likeness (QED) is 0.478. The van der Waals surface area contributed by atoms with Crippen molar-refractivity contribution >= 4 is 38.0 Å². The van der Waals surface area contributed by atoms with Crippen molar-refractivity contribution in [2.24, 2.45) is 0 Å². The number of pyridine rings is 1. The number of nitro benzene ring substituents is 1. The first-order valence-electron chi connectivity index (χ1n) is 6.21. The van der Waals surface area contributed by atoms with Crippen LogP contribution in [0.15, 0.2) is 35.4 Å². The van der Waals surface area contributed by atoms with Crippen LogP contribution in [-0.4, -0.2) is 29.5 Å². The van der Waals surface area contributed by atoms with E-state index in [0.29, 0.717) is 5.52 Å². The highest BCUT2D eigenvalue weighted by atomic mass is 35.5. The topological polar surface area (TPSA) is 90.2 Å². The minimum Gasteiger partial charge on any atom is -0.258 e. The van der Waals surface area contributed by atoms with Gasteiger partial charge in [-0.15, -0.1) is 11.6 Å². The number of alkyl halides is 1. The molecule has 6 nitrogen and oxygen atoms in total. The summed E-state index contributed by atoms with van der Waals surface area (Å²) in [6.45, 7) is 1.49. The first-order valence-corrected chi connectivity index (χ1v) is 8.29. The van der Waals surface area contributed by atoms with E-state index in [9.17, 15) is 18.5 Å². The fourth-order valence-corrected chi connectivity index (χ4v) is 4.09. The van der Waals surface area contributed by atoms with Crippen molar-refractivity contribution in [3.63, 3.8) is 0 Å². The van der Waals surface area contributed by atoms with E-state index in [1.807, 2.05) is 0 Å². The number of aromatic nitrogens is 1. The molecule has 1 heterocycles. The molecule has 0 fully saturated rings. The van der Waals surface area contributed by atoms with Crippen molar-refractivity contribution in [3.05, 3.63) is 40.6 Å². The third-order valence-electron chi connectivity index (χ3n) is 3.25. The predicted molar refractivity (Wildman–Crippen MR) is 80.4 cm³/mol. The smallest absolute Gasteiger partial charge is 0.258 e. The SMILES string of the molecule is CC(CCCl)S(=O)(=O)c1ccc2ncccc2c1[N+](=O)[O-]. The third kappa shape index (κ3) is 2.84. The van der Waals surface area contributed by atoms with E-state index < -0.39 is 25.7 Å². The van der Waals surface area contributed by atoms with E-state index >= 15 is 0 Å². The predicted octanol–water partition coefficient (Wildman–Crippen LogP) is 2.93. The molecule has 8 heteroatoms. The highest BCUT2D eigenvalue weighted by Gasteiger charge is 2.32. The normalized spacial score (nSPS) is 13.2. The van der Waals surface area contributed by atoms with Gasteiger partial charge in [-0.05, 0) is 37.6 Å². The number of benzene rings is 1. The van der Waals surface area contributed by atoms with Gasteiger partial charge < -0.3 is 0 Å². The summed E-state index contributed by atoms with van der Waals surface area (Å²) >= 11 is 5.58. The zero-order valence-corrected chi connectivity index (χ0v) is 12.8. The second-order valence-electron chi connectivity index (χ2n) is 4.57. The van der Waals surface area contributed by atoms with Crippen molar-refractivity contribution in [3.8, 4) is 0 Å². The molecule has 112 valence electrons. The second-order valence-corrected chi connectivity index (χ2v) is 7.29. The molecule has 0 aliphatic heterocycles. The highest BCUT2D eigenvalue weighted by molar-refractivity contribution is 7.92. The van der Waals surface area contributed by atoms with Crippen molar-refractivity contribution in [2.75, 3.05) is 5.88 Å². The van der Waals surface area contributed by atoms with Crippen LogP contribution in [0.4, 0.5) is 5.69 Å². The van der Waals surface area contributed by atoms with Gasteiger partial charge in [0, 0.05) is 12.1 Å². The van der Waals surface area contributed by atoms with E-state index in [4.69, 9.17) is 11.6 Å². The number of halogens is 1. The van der Waals surface area contributed by atoms with E-state index in [1.165, 1.54) is 37.4 Å². The number of hydrogen-bond donors (Lipinski definition) is 0. The van der Waals surface area contributed by atoms with Crippen LogP contribution in [0.25, 0.3) is 10.9 Å². The van der Waals surface area contributed by atoms with Gasteiger partial charge in [0.1, 0.15) is 4.90 Å². The Morgan fingerprint density at radius 2 is 2.10 bits per heavy atom. The zero-order chi connectivity index (χ0) is 15.6. The van der Waals surface area contributed by atoms with Gasteiger partial charge in [-0.25, -0.2) is 8.42 Å². The zero-order valence-electron chi connectivity index (χ0n) is 11.2. The lowest BCUT2D eigenvalue weighted by atomic mass is 10.2. The van der Waals surface area contributed by atoms with Gasteiger partial charge in [0.25, 0.3) is 5.69 Å². The van der Waals surface area contributed by atoms with E-state index in [-0.39, 0.29) is 22.6 Å². The lowest BCUT2D eigenvalue weighted by Gasteiger charge is -2.12. The summed E-state index contributed by atoms with van der Waals surface area (Å²) in [6, 6.07) is 5.75. The van der Waals surface area contributed by atoms with Crippen LogP contribution in [0, 0.1) is 10.1 Å². The lowest BCUT2D eigenvalue weighted by Crippen LogP contribution is -2.19. The van der Waals surface area contributed by atoms with Crippen LogP contribution < -0.4 is 0 Å². The molecule has 0 saturated heterocycles. The van der Waals surface area contributed by atoms with Crippen molar-refractivity contribution in [1.82, 2.24) is 4.98 Å². The molecule has 2 rings (SSSR count). The Hall–Kier alpha value is -1.73. The first-order chi connectivity index (χ1) is 9.89. The minimum atomic E-state index is -3.82. The maximum atomic E-state index is 12.5. The van der Waals surface area contributed by atoms with Crippen molar-refractivity contribution in [1.29, 1.82) is 0 Å². The Labute approximate surface area is 126 Å². The van der Waals surface area contributed by atoms with Crippen LogP contribution in [0.3, 0.4) is 0 Å². The van der Waals surface area contributed by atoms with E-state index in [1.54, 1.807) is 0 Å². The van der Waals surface area contributed by atoms with Gasteiger partial charge in [-0.1, -0.05) is 0 Å². The number of nitrogens with zero attached hydrogens (tertiary/aromatic N) is 2. The van der Waals surface area contributed by atoms with E-state index in [2.05, 4.69) is 4.98 Å². The summed E-state index contributed by atoms with van der Waals surface area (Å²) in [5.74, 6) is 0.170. The summed E-state index contributed by atoms with van der Waals surface area (Å²) in [7, 11) is -3.82. The Kier molecular flexibility index (Phi) is 4.43. The van der Waals surface area contributed by atoms with Gasteiger partial charge in [0.15, 0.2) is 9.84 Å². The Bertz CT molecular complexity index is 792. The monoisotopic (exact) mass is 328 g/mol. The maximum absolute atomic E-state index is 12.5. The van der Waals surface area contributed by atoms with Gasteiger partial charge in [-0.3, -0.25) is 15.1 Å². The molecule has 1 aromatic heterocycles. The molecule has 0 aliphatic carbocycles. The van der Waals surface area contributed by atoms with Crippen LogP contribution in [0.1, 0.15) is 13.3 Å². The summed E-state index contributed by atoms with van der Waals surface area (Å²) in [5.41, 5.74) is -0.0461. The molecular formula is C13H13ClN2O4S. The Morgan fingerprint density at radius 1 is 1.38 bits per heavy atom. The van der Waals surface area contributed by atoms with Gasteiger partial charge in [0.2, 0.25) is 0 Å². The third-order valence-corrected chi connectivity index (χ3v) is 5.71. The molecule has 0 aliphatic rings. The fourth-order valence-electron chi connectivity index (χ4n) is 2.06. The highest BCUT2D eigenvalue weighted by Crippen LogP contribution is 2.34. The van der Waals surface area contributed by atoms with Gasteiger partial charge >= 0.3 is 0 Å². The Balaban J connectivity index is 2.75. The summed E-state index contributed by atoms with van der Waals surface area (Å²) in [4.78, 5) is 14.4. The van der Waals surface area contributed by atoms with Crippen molar-refractivity contribution in [2.45, 2.75) is 23.5 Å². The van der Waals surface area contributed by atoms with Crippen LogP contribution in [0.5, 0.6) is 0 Å².